The standard InChI is InChI=1S/C11H12BrClN4S/c1-17(2)5-6-3-8(18-10(6)13)9-7(12)4-15-11(14)16-9/h3-4H,5H2,1-2H3,(H2,14,15,16). The summed E-state index contributed by atoms with van der Waals surface area (Å²) in [6.07, 6.45) is 1.65. The van der Waals surface area contributed by atoms with E-state index in [1.54, 1.807) is 6.20 Å². The van der Waals surface area contributed by atoms with Gasteiger partial charge in [-0.1, -0.05) is 11.6 Å². The first kappa shape index (κ1) is 13.7. The van der Waals surface area contributed by atoms with Crippen LogP contribution in [0.25, 0.3) is 10.6 Å². The molecule has 0 amide bonds. The molecule has 0 aliphatic heterocycles. The van der Waals surface area contributed by atoms with E-state index >= 15 is 0 Å². The molecule has 0 aliphatic carbocycles. The molecule has 2 N–H and O–H groups in total. The SMILES string of the molecule is CN(C)Cc1cc(-c2nc(N)ncc2Br)sc1Cl. The topological polar surface area (TPSA) is 55.0 Å². The summed E-state index contributed by atoms with van der Waals surface area (Å²) in [6.45, 7) is 0.799. The molecule has 0 aliphatic rings. The summed E-state index contributed by atoms with van der Waals surface area (Å²) in [4.78, 5) is 11.2. The van der Waals surface area contributed by atoms with Gasteiger partial charge in [0, 0.05) is 12.7 Å². The zero-order valence-electron chi connectivity index (χ0n) is 9.94. The van der Waals surface area contributed by atoms with Gasteiger partial charge in [0.15, 0.2) is 0 Å². The van der Waals surface area contributed by atoms with Crippen LogP contribution in [0.5, 0.6) is 0 Å². The predicted molar refractivity (Wildman–Crippen MR) is 79.9 cm³/mol. The van der Waals surface area contributed by atoms with Crippen LogP contribution < -0.4 is 5.73 Å². The third-order valence-electron chi connectivity index (χ3n) is 2.24. The van der Waals surface area contributed by atoms with Crippen LogP contribution >= 0.6 is 38.9 Å². The molecule has 4 nitrogen and oxygen atoms in total. The Bertz CT molecular complexity index is 570. The summed E-state index contributed by atoms with van der Waals surface area (Å²) in [5.74, 6) is 0.256. The van der Waals surface area contributed by atoms with Gasteiger partial charge in [-0.15, -0.1) is 11.3 Å². The van der Waals surface area contributed by atoms with Crippen LogP contribution in [0.3, 0.4) is 0 Å². The van der Waals surface area contributed by atoms with Crippen LogP contribution in [-0.2, 0) is 6.54 Å². The van der Waals surface area contributed by atoms with Crippen LogP contribution in [0.2, 0.25) is 4.34 Å². The molecule has 2 heterocycles. The minimum atomic E-state index is 0.256. The predicted octanol–water partition coefficient (Wildman–Crippen LogP) is 3.26. The summed E-state index contributed by atoms with van der Waals surface area (Å²) in [5, 5.41) is 0. The number of nitrogens with zero attached hydrogens (tertiary/aromatic N) is 3. The molecule has 0 aromatic carbocycles. The van der Waals surface area contributed by atoms with E-state index in [1.807, 2.05) is 20.2 Å². The third-order valence-corrected chi connectivity index (χ3v) is 4.27. The molecule has 0 unspecified atom stereocenters. The maximum atomic E-state index is 6.23. The molecule has 96 valence electrons. The Kier molecular flexibility index (Phi) is 4.21. The molecule has 0 saturated carbocycles. The van der Waals surface area contributed by atoms with Crippen molar-refractivity contribution in [3.8, 4) is 10.6 Å². The normalized spacial score (nSPS) is 11.2. The van der Waals surface area contributed by atoms with Crippen molar-refractivity contribution in [2.75, 3.05) is 19.8 Å². The molecule has 0 fully saturated rings. The van der Waals surface area contributed by atoms with Crippen LogP contribution in [0.4, 0.5) is 5.95 Å². The molecule has 2 rings (SSSR count). The average Bonchev–Trinajstić information content (AvgIpc) is 2.63. The highest BCUT2D eigenvalue weighted by Crippen LogP contribution is 2.37. The van der Waals surface area contributed by atoms with E-state index in [2.05, 4.69) is 30.8 Å². The van der Waals surface area contributed by atoms with Crippen molar-refractivity contribution < 1.29 is 0 Å². The summed E-state index contributed by atoms with van der Waals surface area (Å²) >= 11 is 11.2. The Hall–Kier alpha value is -0.690. The second-order valence-electron chi connectivity index (χ2n) is 4.07. The number of hydrogen-bond donors (Lipinski definition) is 1. The molecule has 2 aromatic heterocycles. The molecule has 0 bridgehead atoms. The monoisotopic (exact) mass is 346 g/mol. The lowest BCUT2D eigenvalue weighted by atomic mass is 10.2. The molecular weight excluding hydrogens is 336 g/mol. The van der Waals surface area contributed by atoms with E-state index < -0.39 is 0 Å². The Morgan fingerprint density at radius 3 is 2.89 bits per heavy atom. The second kappa shape index (κ2) is 5.52. The largest absolute Gasteiger partial charge is 0.368 e. The number of nitrogen functional groups attached to an aromatic ring is 1. The third kappa shape index (κ3) is 3.00. The Labute approximate surface area is 123 Å². The lowest BCUT2D eigenvalue weighted by Crippen LogP contribution is -2.10. The van der Waals surface area contributed by atoms with Crippen molar-refractivity contribution in [3.05, 3.63) is 26.6 Å². The van der Waals surface area contributed by atoms with E-state index in [-0.39, 0.29) is 5.95 Å². The van der Waals surface area contributed by atoms with E-state index in [1.165, 1.54) is 11.3 Å². The number of anilines is 1. The van der Waals surface area contributed by atoms with Crippen molar-refractivity contribution in [1.29, 1.82) is 0 Å². The van der Waals surface area contributed by atoms with Gasteiger partial charge in [0.2, 0.25) is 5.95 Å². The second-order valence-corrected chi connectivity index (χ2v) is 6.58. The van der Waals surface area contributed by atoms with Crippen LogP contribution in [0.1, 0.15) is 5.56 Å². The first-order valence-corrected chi connectivity index (χ1v) is 7.17. The Morgan fingerprint density at radius 2 is 2.22 bits per heavy atom. The van der Waals surface area contributed by atoms with Gasteiger partial charge in [-0.05, 0) is 41.7 Å². The average molecular weight is 348 g/mol. The van der Waals surface area contributed by atoms with Gasteiger partial charge in [-0.3, -0.25) is 0 Å². The van der Waals surface area contributed by atoms with Gasteiger partial charge in [-0.25, -0.2) is 9.97 Å². The van der Waals surface area contributed by atoms with Crippen molar-refractivity contribution in [2.45, 2.75) is 6.54 Å². The quantitative estimate of drug-likeness (QED) is 0.926. The molecule has 0 atom stereocenters. The Balaban J connectivity index is 2.42. The van der Waals surface area contributed by atoms with Crippen molar-refractivity contribution >= 4 is 44.8 Å². The number of hydrogen-bond acceptors (Lipinski definition) is 5. The minimum Gasteiger partial charge on any atom is -0.368 e. The van der Waals surface area contributed by atoms with Gasteiger partial charge >= 0.3 is 0 Å². The molecular formula is C11H12BrClN4S. The fraction of sp³-hybridized carbons (Fsp3) is 0.273. The molecule has 0 radical (unpaired) electrons. The molecule has 0 saturated heterocycles. The van der Waals surface area contributed by atoms with Crippen molar-refractivity contribution in [2.24, 2.45) is 0 Å². The number of nitrogens with two attached hydrogens (primary N) is 1. The number of thiophene rings is 1. The van der Waals surface area contributed by atoms with E-state index in [0.717, 1.165) is 31.5 Å². The van der Waals surface area contributed by atoms with Crippen LogP contribution in [0.15, 0.2) is 16.7 Å². The number of halogens is 2. The fourth-order valence-electron chi connectivity index (χ4n) is 1.53. The first-order chi connectivity index (χ1) is 8.47. The summed E-state index contributed by atoms with van der Waals surface area (Å²) in [7, 11) is 4.01. The van der Waals surface area contributed by atoms with E-state index in [4.69, 9.17) is 17.3 Å². The summed E-state index contributed by atoms with van der Waals surface area (Å²) in [5.41, 5.74) is 7.48. The zero-order valence-corrected chi connectivity index (χ0v) is 13.1. The Morgan fingerprint density at radius 1 is 1.50 bits per heavy atom. The highest BCUT2D eigenvalue weighted by atomic mass is 79.9. The van der Waals surface area contributed by atoms with Crippen molar-refractivity contribution in [1.82, 2.24) is 14.9 Å². The van der Waals surface area contributed by atoms with E-state index in [0.29, 0.717) is 0 Å². The highest BCUT2D eigenvalue weighted by molar-refractivity contribution is 9.10. The lowest BCUT2D eigenvalue weighted by molar-refractivity contribution is 0.403. The van der Waals surface area contributed by atoms with E-state index in [9.17, 15) is 0 Å². The minimum absolute atomic E-state index is 0.256. The molecule has 0 spiro atoms. The van der Waals surface area contributed by atoms with Crippen molar-refractivity contribution in [3.63, 3.8) is 0 Å². The van der Waals surface area contributed by atoms with Gasteiger partial charge < -0.3 is 10.6 Å². The molecule has 18 heavy (non-hydrogen) atoms. The zero-order chi connectivity index (χ0) is 13.3. The van der Waals surface area contributed by atoms with Gasteiger partial charge in [0.1, 0.15) is 5.69 Å². The number of rotatable bonds is 3. The maximum Gasteiger partial charge on any atom is 0.220 e. The lowest BCUT2D eigenvalue weighted by Gasteiger charge is -2.07. The smallest absolute Gasteiger partial charge is 0.220 e. The van der Waals surface area contributed by atoms with Gasteiger partial charge in [0.25, 0.3) is 0 Å². The van der Waals surface area contributed by atoms with Crippen LogP contribution in [-0.4, -0.2) is 29.0 Å². The first-order valence-electron chi connectivity index (χ1n) is 5.18. The number of aromatic nitrogens is 2. The maximum absolute atomic E-state index is 6.23. The van der Waals surface area contributed by atoms with Gasteiger partial charge in [-0.2, -0.15) is 0 Å². The summed E-state index contributed by atoms with van der Waals surface area (Å²) < 4.78 is 1.59. The molecule has 7 heteroatoms. The summed E-state index contributed by atoms with van der Waals surface area (Å²) in [6, 6.07) is 2.04. The highest BCUT2D eigenvalue weighted by Gasteiger charge is 2.13. The van der Waals surface area contributed by atoms with Crippen LogP contribution in [0, 0.1) is 0 Å². The molecule has 2 aromatic rings. The van der Waals surface area contributed by atoms with Gasteiger partial charge in [0.05, 0.1) is 13.7 Å². The fourth-order valence-corrected chi connectivity index (χ4v) is 3.33.